The van der Waals surface area contributed by atoms with Crippen molar-refractivity contribution in [2.24, 2.45) is 0 Å². The van der Waals surface area contributed by atoms with Gasteiger partial charge in [-0.2, -0.15) is 0 Å². The number of hydrogen-bond acceptors (Lipinski definition) is 4. The number of para-hydroxylation sites is 1. The number of nitrogens with one attached hydrogen (secondary N) is 1. The molecule has 1 amide bonds. The molecule has 2 aromatic carbocycles. The molecule has 124 valence electrons. The number of aromatic nitrogens is 1. The predicted molar refractivity (Wildman–Crippen MR) is 104 cm³/mol. The van der Waals surface area contributed by atoms with Crippen LogP contribution in [0.2, 0.25) is 0 Å². The van der Waals surface area contributed by atoms with Gasteiger partial charge in [0.25, 0.3) is 5.91 Å². The molecular weight excluding hydrogens is 336 g/mol. The van der Waals surface area contributed by atoms with Gasteiger partial charge in [-0.25, -0.2) is 4.98 Å². The topological polar surface area (TPSA) is 42.0 Å². The summed E-state index contributed by atoms with van der Waals surface area (Å²) in [5.74, 6) is -0.125. The monoisotopic (exact) mass is 356 g/mol. The fourth-order valence-electron chi connectivity index (χ4n) is 2.43. The summed E-state index contributed by atoms with van der Waals surface area (Å²) < 4.78 is 1.08. The highest BCUT2D eigenvalue weighted by Crippen LogP contribution is 2.32. The molecule has 0 unspecified atom stereocenters. The smallest absolute Gasteiger partial charge is 0.257 e. The molecule has 0 spiro atoms. The molecule has 0 saturated heterocycles. The zero-order chi connectivity index (χ0) is 17.3. The van der Waals surface area contributed by atoms with Crippen molar-refractivity contribution in [2.75, 3.05) is 11.6 Å². The molecule has 3 aromatic rings. The van der Waals surface area contributed by atoms with Crippen LogP contribution in [0.5, 0.6) is 0 Å². The molecule has 1 aromatic heterocycles. The lowest BCUT2D eigenvalue weighted by Gasteiger charge is -2.18. The normalized spacial score (nSPS) is 11.7. The van der Waals surface area contributed by atoms with Gasteiger partial charge in [-0.3, -0.25) is 10.1 Å². The number of amides is 1. The highest BCUT2D eigenvalue weighted by molar-refractivity contribution is 7.98. The maximum Gasteiger partial charge on any atom is 0.257 e. The van der Waals surface area contributed by atoms with E-state index in [0.717, 1.165) is 15.1 Å². The summed E-state index contributed by atoms with van der Waals surface area (Å²) in [5, 5.41) is 3.55. The van der Waals surface area contributed by atoms with Gasteiger partial charge >= 0.3 is 0 Å². The van der Waals surface area contributed by atoms with Crippen molar-refractivity contribution < 1.29 is 4.79 Å². The number of fused-ring (bicyclic) bond motifs is 1. The summed E-state index contributed by atoms with van der Waals surface area (Å²) in [6, 6.07) is 13.9. The van der Waals surface area contributed by atoms with E-state index in [1.54, 1.807) is 11.8 Å². The largest absolute Gasteiger partial charge is 0.298 e. The first-order chi connectivity index (χ1) is 11.4. The van der Waals surface area contributed by atoms with Crippen LogP contribution in [0.4, 0.5) is 5.13 Å². The molecule has 0 atom stereocenters. The van der Waals surface area contributed by atoms with Crippen LogP contribution in [0.15, 0.2) is 47.4 Å². The first-order valence-electron chi connectivity index (χ1n) is 7.74. The van der Waals surface area contributed by atoms with Crippen molar-refractivity contribution >= 4 is 44.4 Å². The zero-order valence-electron chi connectivity index (χ0n) is 14.2. The number of carbonyl (C=O) groups is 1. The quantitative estimate of drug-likeness (QED) is 0.624. The van der Waals surface area contributed by atoms with Crippen LogP contribution >= 0.6 is 23.1 Å². The van der Waals surface area contributed by atoms with E-state index in [4.69, 9.17) is 0 Å². The third-order valence-corrected chi connectivity index (χ3v) is 5.54. The molecule has 5 heteroatoms. The number of thioether (sulfide) groups is 1. The second-order valence-corrected chi connectivity index (χ2v) is 8.49. The van der Waals surface area contributed by atoms with Crippen LogP contribution in [0.25, 0.3) is 10.2 Å². The minimum Gasteiger partial charge on any atom is -0.298 e. The molecule has 24 heavy (non-hydrogen) atoms. The van der Waals surface area contributed by atoms with Crippen molar-refractivity contribution in [2.45, 2.75) is 31.1 Å². The van der Waals surface area contributed by atoms with Crippen LogP contribution < -0.4 is 5.32 Å². The van der Waals surface area contributed by atoms with Crippen LogP contribution in [0, 0.1) is 0 Å². The third-order valence-electron chi connectivity index (χ3n) is 3.84. The first-order valence-corrected chi connectivity index (χ1v) is 9.78. The number of nitrogens with zero attached hydrogens (tertiary/aromatic N) is 1. The van der Waals surface area contributed by atoms with E-state index in [-0.39, 0.29) is 11.3 Å². The van der Waals surface area contributed by atoms with Crippen LogP contribution in [-0.2, 0) is 5.41 Å². The second kappa shape index (κ2) is 6.57. The van der Waals surface area contributed by atoms with Crippen molar-refractivity contribution in [3.05, 3.63) is 53.6 Å². The van der Waals surface area contributed by atoms with E-state index in [0.29, 0.717) is 10.7 Å². The molecule has 1 heterocycles. The number of benzene rings is 2. The van der Waals surface area contributed by atoms with Crippen LogP contribution in [-0.4, -0.2) is 17.1 Å². The Kier molecular flexibility index (Phi) is 4.65. The Hall–Kier alpha value is -1.85. The summed E-state index contributed by atoms with van der Waals surface area (Å²) in [6.45, 7) is 6.48. The lowest BCUT2D eigenvalue weighted by molar-refractivity contribution is 0.102. The van der Waals surface area contributed by atoms with Crippen molar-refractivity contribution in [1.29, 1.82) is 0 Å². The third kappa shape index (κ3) is 3.47. The van der Waals surface area contributed by atoms with Gasteiger partial charge in [-0.05, 0) is 41.5 Å². The van der Waals surface area contributed by atoms with Gasteiger partial charge in [0.1, 0.15) is 0 Å². The van der Waals surface area contributed by atoms with Crippen molar-refractivity contribution in [1.82, 2.24) is 4.98 Å². The lowest BCUT2D eigenvalue weighted by Crippen LogP contribution is -2.14. The number of thiazole rings is 1. The Morgan fingerprint density at radius 3 is 2.46 bits per heavy atom. The predicted octanol–water partition coefficient (Wildman–Crippen LogP) is 5.57. The molecule has 3 rings (SSSR count). The molecule has 3 nitrogen and oxygen atoms in total. The first kappa shape index (κ1) is 17.0. The van der Waals surface area contributed by atoms with E-state index < -0.39 is 0 Å². The van der Waals surface area contributed by atoms with Crippen LogP contribution in [0.1, 0.15) is 36.7 Å². The summed E-state index contributed by atoms with van der Waals surface area (Å²) in [7, 11) is 0. The molecule has 0 aliphatic heterocycles. The van der Waals surface area contributed by atoms with E-state index in [9.17, 15) is 4.79 Å². The molecule has 0 aliphatic rings. The SMILES string of the molecule is CSc1cccc2sc(NC(=O)c3ccc(C(C)(C)C)cc3)nc12. The fraction of sp³-hybridized carbons (Fsp3) is 0.263. The Labute approximate surface area is 150 Å². The van der Waals surface area contributed by atoms with Gasteiger partial charge in [0.05, 0.1) is 10.2 Å². The van der Waals surface area contributed by atoms with Crippen molar-refractivity contribution in [3.63, 3.8) is 0 Å². The van der Waals surface area contributed by atoms with Crippen molar-refractivity contribution in [3.8, 4) is 0 Å². The van der Waals surface area contributed by atoms with E-state index in [2.05, 4.69) is 31.1 Å². The fourth-order valence-corrected chi connectivity index (χ4v) is 3.95. The maximum atomic E-state index is 12.5. The summed E-state index contributed by atoms with van der Waals surface area (Å²) >= 11 is 3.16. The Balaban J connectivity index is 1.82. The average molecular weight is 357 g/mol. The van der Waals surface area contributed by atoms with Gasteiger partial charge in [0, 0.05) is 10.5 Å². The molecular formula is C19H20N2OS2. The molecule has 0 radical (unpaired) electrons. The highest BCUT2D eigenvalue weighted by Gasteiger charge is 2.15. The summed E-state index contributed by atoms with van der Waals surface area (Å²) in [4.78, 5) is 18.2. The van der Waals surface area contributed by atoms with Gasteiger partial charge in [0.2, 0.25) is 0 Å². The Morgan fingerprint density at radius 2 is 1.83 bits per heavy atom. The minimum atomic E-state index is -0.125. The Bertz CT molecular complexity index is 877. The van der Waals surface area contributed by atoms with Gasteiger partial charge < -0.3 is 0 Å². The molecule has 1 N–H and O–H groups in total. The lowest BCUT2D eigenvalue weighted by atomic mass is 9.87. The summed E-state index contributed by atoms with van der Waals surface area (Å²) in [5.41, 5.74) is 2.89. The van der Waals surface area contributed by atoms with E-state index >= 15 is 0 Å². The number of anilines is 1. The number of rotatable bonds is 3. The standard InChI is InChI=1S/C19H20N2OS2/c1-19(2,3)13-10-8-12(9-11-13)17(22)21-18-20-16-14(23-4)6-5-7-15(16)24-18/h5-11H,1-4H3,(H,20,21,22). The minimum absolute atomic E-state index is 0.0796. The number of hydrogen-bond donors (Lipinski definition) is 1. The van der Waals surface area contributed by atoms with E-state index in [1.165, 1.54) is 16.9 Å². The molecule has 0 bridgehead atoms. The number of carbonyl (C=O) groups excluding carboxylic acids is 1. The van der Waals surface area contributed by atoms with Gasteiger partial charge in [-0.1, -0.05) is 50.3 Å². The molecule has 0 fully saturated rings. The summed E-state index contributed by atoms with van der Waals surface area (Å²) in [6.07, 6.45) is 2.03. The average Bonchev–Trinajstić information content (AvgIpc) is 2.96. The Morgan fingerprint density at radius 1 is 1.12 bits per heavy atom. The zero-order valence-corrected chi connectivity index (χ0v) is 15.8. The maximum absolute atomic E-state index is 12.5. The van der Waals surface area contributed by atoms with Gasteiger partial charge in [-0.15, -0.1) is 11.8 Å². The van der Waals surface area contributed by atoms with E-state index in [1.807, 2.05) is 48.7 Å². The highest BCUT2D eigenvalue weighted by atomic mass is 32.2. The van der Waals surface area contributed by atoms with Gasteiger partial charge in [0.15, 0.2) is 5.13 Å². The molecule has 0 aliphatic carbocycles. The van der Waals surface area contributed by atoms with Crippen LogP contribution in [0.3, 0.4) is 0 Å². The second-order valence-electron chi connectivity index (χ2n) is 6.61. The molecule has 0 saturated carbocycles.